The second-order valence-electron chi connectivity index (χ2n) is 7.76. The average molecular weight is 474 g/mol. The molecule has 1 aliphatic heterocycles. The van der Waals surface area contributed by atoms with E-state index in [0.29, 0.717) is 29.3 Å². The SMILES string of the molecule is CC1Cc2c(Oc3ccc(C(=O)NCC(F)F)c(F)c3)cc(C(=O)Nc3ccn(C)n3)cc2O1. The number of anilines is 1. The highest BCUT2D eigenvalue weighted by atomic mass is 19.3. The van der Waals surface area contributed by atoms with Gasteiger partial charge in [0.05, 0.1) is 12.1 Å². The Bertz CT molecular complexity index is 1240. The minimum absolute atomic E-state index is 0.0620. The molecule has 1 unspecified atom stereocenters. The molecule has 1 aliphatic rings. The van der Waals surface area contributed by atoms with Crippen molar-refractivity contribution in [3.63, 3.8) is 0 Å². The van der Waals surface area contributed by atoms with Crippen molar-refractivity contribution in [2.75, 3.05) is 11.9 Å². The van der Waals surface area contributed by atoms with E-state index in [9.17, 15) is 22.8 Å². The van der Waals surface area contributed by atoms with Crippen LogP contribution in [0.15, 0.2) is 42.6 Å². The number of benzene rings is 2. The Hall–Kier alpha value is -4.02. The third kappa shape index (κ3) is 5.13. The number of nitrogens with one attached hydrogen (secondary N) is 2. The van der Waals surface area contributed by atoms with Crippen molar-refractivity contribution in [2.45, 2.75) is 25.9 Å². The van der Waals surface area contributed by atoms with Crippen LogP contribution in [0.2, 0.25) is 0 Å². The number of aromatic nitrogens is 2. The van der Waals surface area contributed by atoms with Gasteiger partial charge in [0.15, 0.2) is 5.82 Å². The lowest BCUT2D eigenvalue weighted by Gasteiger charge is -2.13. The number of hydrogen-bond donors (Lipinski definition) is 2. The number of amides is 2. The summed E-state index contributed by atoms with van der Waals surface area (Å²) in [6.45, 7) is 0.984. The van der Waals surface area contributed by atoms with Crippen LogP contribution in [0.5, 0.6) is 17.2 Å². The first kappa shape index (κ1) is 23.1. The number of fused-ring (bicyclic) bond motifs is 1. The highest BCUT2D eigenvalue weighted by Gasteiger charge is 2.26. The van der Waals surface area contributed by atoms with Crippen molar-refractivity contribution in [1.82, 2.24) is 15.1 Å². The molecule has 2 N–H and O–H groups in total. The number of hydrogen-bond acceptors (Lipinski definition) is 5. The summed E-state index contributed by atoms with van der Waals surface area (Å²) in [4.78, 5) is 24.7. The van der Waals surface area contributed by atoms with Gasteiger partial charge in [-0.1, -0.05) is 0 Å². The minimum Gasteiger partial charge on any atom is -0.490 e. The summed E-state index contributed by atoms with van der Waals surface area (Å²) < 4.78 is 52.3. The predicted octanol–water partition coefficient (Wildman–Crippen LogP) is 3.92. The highest BCUT2D eigenvalue weighted by molar-refractivity contribution is 6.04. The molecule has 0 radical (unpaired) electrons. The van der Waals surface area contributed by atoms with E-state index in [0.717, 1.165) is 12.1 Å². The second-order valence-corrected chi connectivity index (χ2v) is 7.76. The van der Waals surface area contributed by atoms with Gasteiger partial charge in [0.2, 0.25) is 0 Å². The lowest BCUT2D eigenvalue weighted by molar-refractivity contribution is 0.0887. The Morgan fingerprint density at radius 1 is 1.24 bits per heavy atom. The van der Waals surface area contributed by atoms with E-state index in [2.05, 4.69) is 10.4 Å². The monoisotopic (exact) mass is 474 g/mol. The summed E-state index contributed by atoms with van der Waals surface area (Å²) in [7, 11) is 1.72. The molecule has 0 fully saturated rings. The molecular weight excluding hydrogens is 453 g/mol. The molecule has 34 heavy (non-hydrogen) atoms. The van der Waals surface area contributed by atoms with Crippen LogP contribution >= 0.6 is 0 Å². The topological polar surface area (TPSA) is 94.5 Å². The van der Waals surface area contributed by atoms with Crippen LogP contribution in [0.4, 0.5) is 19.0 Å². The zero-order valence-corrected chi connectivity index (χ0v) is 18.3. The molecule has 8 nitrogen and oxygen atoms in total. The summed E-state index contributed by atoms with van der Waals surface area (Å²) in [5, 5.41) is 8.74. The number of carbonyl (C=O) groups excluding carboxylic acids is 2. The van der Waals surface area contributed by atoms with Gasteiger partial charge in [-0.05, 0) is 31.2 Å². The molecule has 3 aromatic rings. The molecule has 0 saturated carbocycles. The molecule has 1 aromatic heterocycles. The molecule has 4 rings (SSSR count). The van der Waals surface area contributed by atoms with Crippen LogP contribution in [0.3, 0.4) is 0 Å². The molecule has 178 valence electrons. The largest absolute Gasteiger partial charge is 0.490 e. The zero-order valence-electron chi connectivity index (χ0n) is 18.3. The maximum Gasteiger partial charge on any atom is 0.257 e. The Morgan fingerprint density at radius 3 is 2.71 bits per heavy atom. The van der Waals surface area contributed by atoms with Crippen molar-refractivity contribution in [2.24, 2.45) is 7.05 Å². The summed E-state index contributed by atoms with van der Waals surface area (Å²) in [6.07, 6.45) is -0.694. The molecule has 2 amide bonds. The van der Waals surface area contributed by atoms with Gasteiger partial charge < -0.3 is 20.1 Å². The Labute approximate surface area is 192 Å². The van der Waals surface area contributed by atoms with Gasteiger partial charge in [0.25, 0.3) is 18.2 Å². The first-order chi connectivity index (χ1) is 16.2. The summed E-state index contributed by atoms with van der Waals surface area (Å²) >= 11 is 0. The highest BCUT2D eigenvalue weighted by Crippen LogP contribution is 2.39. The third-order valence-electron chi connectivity index (χ3n) is 5.04. The minimum atomic E-state index is -2.75. The molecular formula is C23H21F3N4O4. The van der Waals surface area contributed by atoms with E-state index in [-0.39, 0.29) is 17.4 Å². The molecule has 0 bridgehead atoms. The molecule has 0 saturated heterocycles. The number of rotatable bonds is 7. The second kappa shape index (κ2) is 9.46. The normalized spacial score (nSPS) is 14.5. The fraction of sp³-hybridized carbons (Fsp3) is 0.261. The maximum absolute atomic E-state index is 14.5. The quantitative estimate of drug-likeness (QED) is 0.541. The number of nitrogens with zero attached hydrogens (tertiary/aromatic N) is 2. The van der Waals surface area contributed by atoms with E-state index in [1.54, 1.807) is 30.1 Å². The van der Waals surface area contributed by atoms with Crippen LogP contribution in [0.25, 0.3) is 0 Å². The van der Waals surface area contributed by atoms with Gasteiger partial charge in [-0.2, -0.15) is 5.10 Å². The van der Waals surface area contributed by atoms with Gasteiger partial charge in [0, 0.05) is 42.9 Å². The van der Waals surface area contributed by atoms with Crippen molar-refractivity contribution in [1.29, 1.82) is 0 Å². The number of halogens is 3. The number of carbonyl (C=O) groups is 2. The molecule has 2 aromatic carbocycles. The van der Waals surface area contributed by atoms with E-state index in [1.165, 1.54) is 12.1 Å². The van der Waals surface area contributed by atoms with E-state index in [4.69, 9.17) is 9.47 Å². The van der Waals surface area contributed by atoms with Gasteiger partial charge >= 0.3 is 0 Å². The molecule has 2 heterocycles. The van der Waals surface area contributed by atoms with Crippen LogP contribution in [-0.2, 0) is 13.5 Å². The summed E-state index contributed by atoms with van der Waals surface area (Å²) in [6, 6.07) is 8.21. The van der Waals surface area contributed by atoms with E-state index >= 15 is 0 Å². The van der Waals surface area contributed by atoms with Gasteiger partial charge in [0.1, 0.15) is 29.2 Å². The maximum atomic E-state index is 14.5. The number of aryl methyl sites for hydroxylation is 1. The van der Waals surface area contributed by atoms with Gasteiger partial charge in [-0.25, -0.2) is 13.2 Å². The molecule has 0 aliphatic carbocycles. The van der Waals surface area contributed by atoms with E-state index in [1.807, 2.05) is 12.2 Å². The number of ether oxygens (including phenoxy) is 2. The van der Waals surface area contributed by atoms with Crippen molar-refractivity contribution >= 4 is 17.6 Å². The average Bonchev–Trinajstić information content (AvgIpc) is 3.36. The summed E-state index contributed by atoms with van der Waals surface area (Å²) in [5.74, 6) is -1.14. The fourth-order valence-corrected chi connectivity index (χ4v) is 3.50. The predicted molar refractivity (Wildman–Crippen MR) is 116 cm³/mol. The number of alkyl halides is 2. The first-order valence-electron chi connectivity index (χ1n) is 10.4. The van der Waals surface area contributed by atoms with Crippen LogP contribution < -0.4 is 20.1 Å². The first-order valence-corrected chi connectivity index (χ1v) is 10.4. The zero-order chi connectivity index (χ0) is 24.4. The van der Waals surface area contributed by atoms with E-state index < -0.39 is 36.2 Å². The van der Waals surface area contributed by atoms with Crippen LogP contribution in [-0.4, -0.2) is 40.7 Å². The van der Waals surface area contributed by atoms with Crippen molar-refractivity contribution < 1.29 is 32.2 Å². The van der Waals surface area contributed by atoms with Gasteiger partial charge in [-0.15, -0.1) is 0 Å². The lowest BCUT2D eigenvalue weighted by atomic mass is 10.1. The Balaban J connectivity index is 1.58. The standard InChI is InChI=1S/C23H21F3N4O4/c1-12-7-16-18(33-12)8-13(22(31)28-21-5-6-30(2)29-21)9-19(16)34-14-3-4-15(17(24)10-14)23(32)27-11-20(25)26/h3-6,8-10,12,20H,7,11H2,1-2H3,(H,27,32)(H,28,29,31). The smallest absolute Gasteiger partial charge is 0.257 e. The Morgan fingerprint density at radius 2 is 2.03 bits per heavy atom. The summed E-state index contributed by atoms with van der Waals surface area (Å²) in [5.41, 5.74) is 0.566. The fourth-order valence-electron chi connectivity index (χ4n) is 3.50. The van der Waals surface area contributed by atoms with Crippen LogP contribution in [0.1, 0.15) is 33.2 Å². The third-order valence-corrected chi connectivity index (χ3v) is 5.04. The molecule has 0 spiro atoms. The van der Waals surface area contributed by atoms with Crippen LogP contribution in [0, 0.1) is 5.82 Å². The van der Waals surface area contributed by atoms with Crippen molar-refractivity contribution in [3.05, 3.63) is 65.1 Å². The molecule has 11 heteroatoms. The lowest BCUT2D eigenvalue weighted by Crippen LogP contribution is -2.29. The molecule has 1 atom stereocenters. The van der Waals surface area contributed by atoms with Gasteiger partial charge in [-0.3, -0.25) is 14.3 Å². The Kier molecular flexibility index (Phi) is 6.44. The van der Waals surface area contributed by atoms with Crippen molar-refractivity contribution in [3.8, 4) is 17.2 Å².